The number of nitrogens with one attached hydrogen (secondary N) is 2. The van der Waals surface area contributed by atoms with Crippen molar-refractivity contribution in [3.63, 3.8) is 0 Å². The molecule has 1 aromatic heterocycles. The lowest BCUT2D eigenvalue weighted by atomic mass is 9.83. The first-order valence-corrected chi connectivity index (χ1v) is 8.03. The lowest BCUT2D eigenvalue weighted by molar-refractivity contribution is 0.295. The van der Waals surface area contributed by atoms with Gasteiger partial charge in [-0.3, -0.25) is 9.67 Å². The Labute approximate surface area is 127 Å². The van der Waals surface area contributed by atoms with Crippen LogP contribution in [0.2, 0.25) is 0 Å². The van der Waals surface area contributed by atoms with Crippen LogP contribution in [0.1, 0.15) is 51.3 Å². The minimum Gasteiger partial charge on any atom is -0.354 e. The molecule has 2 rings (SSSR count). The zero-order valence-electron chi connectivity index (χ0n) is 13.5. The number of aromatic nitrogens is 3. The van der Waals surface area contributed by atoms with Crippen LogP contribution in [0.3, 0.4) is 0 Å². The van der Waals surface area contributed by atoms with Crippen LogP contribution in [0.5, 0.6) is 0 Å². The fraction of sp³-hybridized carbons (Fsp3) is 0.800. The number of rotatable bonds is 5. The molecule has 21 heavy (non-hydrogen) atoms. The highest BCUT2D eigenvalue weighted by Gasteiger charge is 2.21. The van der Waals surface area contributed by atoms with E-state index in [1.54, 1.807) is 11.0 Å². The van der Waals surface area contributed by atoms with Crippen LogP contribution in [-0.4, -0.2) is 33.8 Å². The average molecular weight is 292 g/mol. The van der Waals surface area contributed by atoms with Crippen LogP contribution < -0.4 is 10.6 Å². The Kier molecular flexibility index (Phi) is 6.02. The monoisotopic (exact) mass is 292 g/mol. The van der Waals surface area contributed by atoms with Crippen LogP contribution in [0.25, 0.3) is 0 Å². The lowest BCUT2D eigenvalue weighted by Gasteiger charge is -2.30. The molecule has 1 heterocycles. The van der Waals surface area contributed by atoms with Gasteiger partial charge in [-0.05, 0) is 31.6 Å². The normalized spacial score (nSPS) is 23.1. The maximum Gasteiger partial charge on any atom is 0.191 e. The van der Waals surface area contributed by atoms with E-state index in [4.69, 9.17) is 0 Å². The second-order valence-corrected chi connectivity index (χ2v) is 5.88. The largest absolute Gasteiger partial charge is 0.354 e. The van der Waals surface area contributed by atoms with Gasteiger partial charge in [0.2, 0.25) is 0 Å². The molecule has 6 heteroatoms. The van der Waals surface area contributed by atoms with Crippen molar-refractivity contribution in [3.8, 4) is 0 Å². The first-order valence-electron chi connectivity index (χ1n) is 8.03. The summed E-state index contributed by atoms with van der Waals surface area (Å²) in [5, 5.41) is 10.9. The molecule has 0 aromatic carbocycles. The predicted molar refractivity (Wildman–Crippen MR) is 85.0 cm³/mol. The second-order valence-electron chi connectivity index (χ2n) is 5.88. The summed E-state index contributed by atoms with van der Waals surface area (Å²) in [6.07, 6.45) is 9.43. The number of nitrogens with zero attached hydrogens (tertiary/aromatic N) is 4. The molecule has 1 aromatic rings. The molecule has 0 radical (unpaired) electrons. The van der Waals surface area contributed by atoms with E-state index >= 15 is 0 Å². The number of guanidine groups is 1. The van der Waals surface area contributed by atoms with Gasteiger partial charge in [0.1, 0.15) is 12.2 Å². The van der Waals surface area contributed by atoms with Crippen LogP contribution >= 0.6 is 0 Å². The van der Waals surface area contributed by atoms with Crippen molar-refractivity contribution in [2.24, 2.45) is 18.0 Å². The second kappa shape index (κ2) is 8.00. The summed E-state index contributed by atoms with van der Waals surface area (Å²) < 4.78 is 1.77. The Morgan fingerprint density at radius 1 is 1.38 bits per heavy atom. The molecular formula is C15H28N6. The Morgan fingerprint density at radius 3 is 2.71 bits per heavy atom. The van der Waals surface area contributed by atoms with Gasteiger partial charge in [-0.2, -0.15) is 5.10 Å². The number of aryl methyl sites for hydroxylation is 1. The lowest BCUT2D eigenvalue weighted by Crippen LogP contribution is -2.44. The van der Waals surface area contributed by atoms with Gasteiger partial charge in [0.15, 0.2) is 5.96 Å². The maximum atomic E-state index is 4.30. The van der Waals surface area contributed by atoms with Gasteiger partial charge in [-0.15, -0.1) is 0 Å². The zero-order valence-corrected chi connectivity index (χ0v) is 13.5. The van der Waals surface area contributed by atoms with Crippen molar-refractivity contribution < 1.29 is 0 Å². The predicted octanol–water partition coefficient (Wildman–Crippen LogP) is 1.84. The van der Waals surface area contributed by atoms with E-state index in [0.29, 0.717) is 12.6 Å². The third kappa shape index (κ3) is 4.72. The molecule has 1 saturated carbocycles. The molecule has 0 spiro atoms. The summed E-state index contributed by atoms with van der Waals surface area (Å²) in [6.45, 7) is 2.92. The molecule has 0 bridgehead atoms. The number of aliphatic imine (C=N–C) groups is 1. The van der Waals surface area contributed by atoms with Crippen molar-refractivity contribution in [3.05, 3.63) is 12.2 Å². The van der Waals surface area contributed by atoms with Gasteiger partial charge in [0, 0.05) is 20.1 Å². The molecule has 0 amide bonds. The van der Waals surface area contributed by atoms with Crippen molar-refractivity contribution in [1.29, 1.82) is 0 Å². The van der Waals surface area contributed by atoms with Gasteiger partial charge < -0.3 is 10.6 Å². The summed E-state index contributed by atoms with van der Waals surface area (Å²) in [4.78, 5) is 8.51. The van der Waals surface area contributed by atoms with E-state index in [0.717, 1.165) is 17.7 Å². The summed E-state index contributed by atoms with van der Waals surface area (Å²) in [7, 11) is 3.71. The Morgan fingerprint density at radius 2 is 2.14 bits per heavy atom. The quantitative estimate of drug-likeness (QED) is 0.642. The van der Waals surface area contributed by atoms with Crippen molar-refractivity contribution in [2.45, 2.75) is 58.0 Å². The molecule has 1 aliphatic carbocycles. The summed E-state index contributed by atoms with van der Waals surface area (Å²) in [5.74, 6) is 2.70. The third-order valence-electron chi connectivity index (χ3n) is 4.33. The van der Waals surface area contributed by atoms with Crippen LogP contribution in [0, 0.1) is 5.92 Å². The third-order valence-corrected chi connectivity index (χ3v) is 4.33. The first-order chi connectivity index (χ1) is 10.2. The summed E-state index contributed by atoms with van der Waals surface area (Å²) in [5.41, 5.74) is 0. The van der Waals surface area contributed by atoms with E-state index in [2.05, 4.69) is 32.6 Å². The molecule has 1 fully saturated rings. The molecule has 0 saturated heterocycles. The standard InChI is InChI=1S/C15H28N6/c1-4-5-12-6-8-13(9-7-12)20-15(16-2)17-10-14-18-11-19-21(14)3/h11-13H,4-10H2,1-3H3,(H2,16,17,20). The van der Waals surface area contributed by atoms with Gasteiger partial charge in [0.05, 0.1) is 6.54 Å². The number of hydrogen-bond acceptors (Lipinski definition) is 3. The average Bonchev–Trinajstić information content (AvgIpc) is 2.91. The zero-order chi connectivity index (χ0) is 15.1. The molecule has 6 nitrogen and oxygen atoms in total. The van der Waals surface area contributed by atoms with Gasteiger partial charge >= 0.3 is 0 Å². The van der Waals surface area contributed by atoms with Crippen molar-refractivity contribution in [2.75, 3.05) is 7.05 Å². The minimum atomic E-state index is 0.545. The smallest absolute Gasteiger partial charge is 0.191 e. The maximum absolute atomic E-state index is 4.30. The van der Waals surface area contributed by atoms with Gasteiger partial charge in [-0.1, -0.05) is 19.8 Å². The van der Waals surface area contributed by atoms with Crippen LogP contribution in [0.15, 0.2) is 11.3 Å². The number of hydrogen-bond donors (Lipinski definition) is 2. The molecule has 1 aliphatic rings. The Bertz CT molecular complexity index is 445. The first kappa shape index (κ1) is 15.8. The van der Waals surface area contributed by atoms with E-state index < -0.39 is 0 Å². The SMILES string of the molecule is CCCC1CCC(NC(=NC)NCc2ncnn2C)CC1. The molecule has 2 N–H and O–H groups in total. The van der Waals surface area contributed by atoms with Crippen LogP contribution in [0.4, 0.5) is 0 Å². The van der Waals surface area contributed by atoms with Crippen molar-refractivity contribution in [1.82, 2.24) is 25.4 Å². The van der Waals surface area contributed by atoms with Crippen LogP contribution in [-0.2, 0) is 13.6 Å². The fourth-order valence-electron chi connectivity index (χ4n) is 3.03. The van der Waals surface area contributed by atoms with E-state index in [-0.39, 0.29) is 0 Å². The Hall–Kier alpha value is -1.59. The fourth-order valence-corrected chi connectivity index (χ4v) is 3.03. The molecule has 118 valence electrons. The van der Waals surface area contributed by atoms with E-state index in [1.165, 1.54) is 38.5 Å². The minimum absolute atomic E-state index is 0.545. The highest BCUT2D eigenvalue weighted by atomic mass is 15.3. The summed E-state index contributed by atoms with van der Waals surface area (Å²) >= 11 is 0. The molecule has 0 unspecified atom stereocenters. The molecule has 0 aliphatic heterocycles. The highest BCUT2D eigenvalue weighted by molar-refractivity contribution is 5.79. The Balaban J connectivity index is 1.74. The molecule has 0 atom stereocenters. The van der Waals surface area contributed by atoms with Crippen molar-refractivity contribution >= 4 is 5.96 Å². The molecular weight excluding hydrogens is 264 g/mol. The van der Waals surface area contributed by atoms with Gasteiger partial charge in [0.25, 0.3) is 0 Å². The highest BCUT2D eigenvalue weighted by Crippen LogP contribution is 2.27. The van der Waals surface area contributed by atoms with E-state index in [9.17, 15) is 0 Å². The van der Waals surface area contributed by atoms with E-state index in [1.807, 2.05) is 14.1 Å². The van der Waals surface area contributed by atoms with Gasteiger partial charge in [-0.25, -0.2) is 4.98 Å². The summed E-state index contributed by atoms with van der Waals surface area (Å²) in [6, 6.07) is 0.545. The topological polar surface area (TPSA) is 67.1 Å².